The average Bonchev–Trinajstić information content (AvgIpc) is 3.80. The number of alkyl carbamates (subject to hydrolysis) is 1. The molecule has 0 unspecified atom stereocenters. The van der Waals surface area contributed by atoms with Gasteiger partial charge in [0.05, 0.1) is 30.2 Å². The summed E-state index contributed by atoms with van der Waals surface area (Å²) in [5, 5.41) is 2.72. The van der Waals surface area contributed by atoms with Gasteiger partial charge >= 0.3 is 6.09 Å². The molecule has 0 aliphatic carbocycles. The summed E-state index contributed by atoms with van der Waals surface area (Å²) in [5.41, 5.74) is 1.14. The Balaban J connectivity index is 1.22. The standard InChI is InChI=1S/C36H47N7O4/c1-34(2,3)31(44)42-19-9-12-28(42)30-38-22-26(40-30)24-16-13-23(14-17-24)15-18-25-21-37-29(39-25)27-11-10-20-43(27)32(45)36(7,8)41-33(46)47-35(4,5)6/h13-14,16-17,21-22,27-28H,9-12,19-20H2,1-8H3,(H,37,39)(H,38,40)(H,41,46)/t27-,28-/m0/s1. The number of amides is 3. The summed E-state index contributed by atoms with van der Waals surface area (Å²) < 4.78 is 5.36. The molecule has 250 valence electrons. The van der Waals surface area contributed by atoms with Gasteiger partial charge in [0.25, 0.3) is 0 Å². The highest BCUT2D eigenvalue weighted by Crippen LogP contribution is 2.35. The number of hydrogen-bond donors (Lipinski definition) is 3. The number of likely N-dealkylation sites (tertiary alicyclic amines) is 2. The van der Waals surface area contributed by atoms with E-state index in [4.69, 9.17) is 4.74 Å². The van der Waals surface area contributed by atoms with E-state index in [2.05, 4.69) is 37.1 Å². The van der Waals surface area contributed by atoms with Crippen molar-refractivity contribution in [1.82, 2.24) is 35.1 Å². The first-order valence-electron chi connectivity index (χ1n) is 16.4. The summed E-state index contributed by atoms with van der Waals surface area (Å²) in [4.78, 5) is 58.5. The second kappa shape index (κ2) is 12.9. The molecule has 2 fully saturated rings. The third-order valence-corrected chi connectivity index (χ3v) is 8.38. The largest absolute Gasteiger partial charge is 0.444 e. The van der Waals surface area contributed by atoms with Crippen molar-refractivity contribution in [2.75, 3.05) is 13.1 Å². The summed E-state index contributed by atoms with van der Waals surface area (Å²) in [6, 6.07) is 7.65. The molecule has 3 N–H and O–H groups in total. The molecule has 2 aliphatic heterocycles. The van der Waals surface area contributed by atoms with Gasteiger partial charge in [-0.2, -0.15) is 0 Å². The van der Waals surface area contributed by atoms with Gasteiger partial charge in [0.1, 0.15) is 28.5 Å². The van der Waals surface area contributed by atoms with Crippen molar-refractivity contribution in [2.45, 2.75) is 104 Å². The first-order chi connectivity index (χ1) is 22.0. The van der Waals surface area contributed by atoms with Crippen molar-refractivity contribution in [3.63, 3.8) is 0 Å². The van der Waals surface area contributed by atoms with Gasteiger partial charge in [0.15, 0.2) is 0 Å². The SMILES string of the molecule is CC(C)(C)OC(=O)NC(C)(C)C(=O)N1CCC[C@H]1c1ncc(C#Cc2ccc(-c3cnc([C@@H]4CCCN4C(=O)C(C)(C)C)[nH]3)cc2)[nH]1. The van der Waals surface area contributed by atoms with Crippen LogP contribution < -0.4 is 5.32 Å². The maximum Gasteiger partial charge on any atom is 0.408 e. The first kappa shape index (κ1) is 33.8. The highest BCUT2D eigenvalue weighted by molar-refractivity contribution is 5.89. The van der Waals surface area contributed by atoms with Crippen LogP contribution in [0.4, 0.5) is 4.79 Å². The van der Waals surface area contributed by atoms with Gasteiger partial charge in [-0.3, -0.25) is 9.59 Å². The molecule has 2 saturated heterocycles. The molecule has 5 rings (SSSR count). The highest BCUT2D eigenvalue weighted by Gasteiger charge is 2.41. The van der Waals surface area contributed by atoms with Gasteiger partial charge in [0.2, 0.25) is 11.8 Å². The van der Waals surface area contributed by atoms with Gasteiger partial charge in [0, 0.05) is 24.1 Å². The molecule has 1 aromatic carbocycles. The Morgan fingerprint density at radius 3 is 1.98 bits per heavy atom. The first-order valence-corrected chi connectivity index (χ1v) is 16.4. The van der Waals surface area contributed by atoms with Crippen molar-refractivity contribution in [3.8, 4) is 23.1 Å². The third kappa shape index (κ3) is 7.87. The molecule has 0 bridgehead atoms. The summed E-state index contributed by atoms with van der Waals surface area (Å²) >= 11 is 0. The van der Waals surface area contributed by atoms with Crippen LogP contribution in [0.3, 0.4) is 0 Å². The average molecular weight is 642 g/mol. The Bertz CT molecular complexity index is 1680. The number of hydrogen-bond acceptors (Lipinski definition) is 6. The van der Waals surface area contributed by atoms with Gasteiger partial charge in [-0.15, -0.1) is 0 Å². The maximum atomic E-state index is 13.5. The van der Waals surface area contributed by atoms with Crippen LogP contribution in [0.1, 0.15) is 116 Å². The topological polar surface area (TPSA) is 136 Å². The number of nitrogens with one attached hydrogen (secondary N) is 3. The van der Waals surface area contributed by atoms with Crippen molar-refractivity contribution >= 4 is 17.9 Å². The molecule has 3 aromatic rings. The van der Waals surface area contributed by atoms with Crippen LogP contribution in [0.5, 0.6) is 0 Å². The van der Waals surface area contributed by atoms with Crippen molar-refractivity contribution in [2.24, 2.45) is 5.41 Å². The monoisotopic (exact) mass is 641 g/mol. The molecule has 11 heteroatoms. The number of ether oxygens (including phenoxy) is 1. The van der Waals surface area contributed by atoms with Crippen molar-refractivity contribution < 1.29 is 19.1 Å². The van der Waals surface area contributed by atoms with E-state index >= 15 is 0 Å². The minimum Gasteiger partial charge on any atom is -0.444 e. The fourth-order valence-corrected chi connectivity index (χ4v) is 6.08. The molecule has 0 saturated carbocycles. The molecule has 4 heterocycles. The Labute approximate surface area is 277 Å². The third-order valence-electron chi connectivity index (χ3n) is 8.38. The number of nitrogens with zero attached hydrogens (tertiary/aromatic N) is 4. The molecule has 2 aliphatic rings. The molecule has 3 amide bonds. The van der Waals surface area contributed by atoms with E-state index in [0.29, 0.717) is 18.1 Å². The zero-order valence-corrected chi connectivity index (χ0v) is 28.8. The summed E-state index contributed by atoms with van der Waals surface area (Å²) in [6.07, 6.45) is 6.34. The zero-order valence-electron chi connectivity index (χ0n) is 28.8. The minimum absolute atomic E-state index is 0.0327. The van der Waals surface area contributed by atoms with E-state index < -0.39 is 22.6 Å². The van der Waals surface area contributed by atoms with Crippen LogP contribution in [0, 0.1) is 17.3 Å². The van der Waals surface area contributed by atoms with Crippen LogP contribution in [-0.4, -0.2) is 71.9 Å². The molecular formula is C36H47N7O4. The highest BCUT2D eigenvalue weighted by atomic mass is 16.6. The molecular weight excluding hydrogens is 594 g/mol. The number of rotatable bonds is 5. The molecule has 47 heavy (non-hydrogen) atoms. The number of carbonyl (C=O) groups excluding carboxylic acids is 3. The summed E-state index contributed by atoms with van der Waals surface area (Å²) in [7, 11) is 0. The van der Waals surface area contributed by atoms with Gasteiger partial charge in [-0.1, -0.05) is 38.8 Å². The van der Waals surface area contributed by atoms with Crippen LogP contribution in [0.25, 0.3) is 11.3 Å². The number of benzene rings is 1. The van der Waals surface area contributed by atoms with Gasteiger partial charge < -0.3 is 29.8 Å². The lowest BCUT2D eigenvalue weighted by atomic mass is 9.94. The number of aromatic nitrogens is 4. The van der Waals surface area contributed by atoms with Gasteiger partial charge in [-0.25, -0.2) is 14.8 Å². The lowest BCUT2D eigenvalue weighted by Gasteiger charge is -2.33. The fraction of sp³-hybridized carbons (Fsp3) is 0.528. The summed E-state index contributed by atoms with van der Waals surface area (Å²) in [6.45, 7) is 15.9. The minimum atomic E-state index is -1.15. The lowest BCUT2D eigenvalue weighted by Crippen LogP contribution is -2.56. The Morgan fingerprint density at radius 1 is 0.809 bits per heavy atom. The predicted molar refractivity (Wildman–Crippen MR) is 179 cm³/mol. The second-order valence-corrected chi connectivity index (χ2v) is 15.0. The van der Waals surface area contributed by atoms with E-state index in [1.807, 2.05) is 56.1 Å². The Hall–Kier alpha value is -4.59. The Kier molecular flexibility index (Phi) is 9.26. The smallest absolute Gasteiger partial charge is 0.408 e. The Morgan fingerprint density at radius 2 is 1.38 bits per heavy atom. The van der Waals surface area contributed by atoms with E-state index in [1.165, 1.54) is 0 Å². The molecule has 11 nitrogen and oxygen atoms in total. The molecule has 2 atom stereocenters. The predicted octanol–water partition coefficient (Wildman–Crippen LogP) is 5.88. The van der Waals surface area contributed by atoms with E-state index in [-0.39, 0.29) is 23.9 Å². The number of carbonyl (C=O) groups is 3. The lowest BCUT2D eigenvalue weighted by molar-refractivity contribution is -0.140. The molecule has 0 spiro atoms. The van der Waals surface area contributed by atoms with E-state index in [0.717, 1.165) is 54.9 Å². The summed E-state index contributed by atoms with van der Waals surface area (Å²) in [5.74, 6) is 7.79. The fourth-order valence-electron chi connectivity index (χ4n) is 6.08. The maximum absolute atomic E-state index is 13.5. The van der Waals surface area contributed by atoms with Crippen molar-refractivity contribution in [3.05, 3.63) is 59.6 Å². The molecule has 2 aromatic heterocycles. The second-order valence-electron chi connectivity index (χ2n) is 15.0. The van der Waals surface area contributed by atoms with E-state index in [9.17, 15) is 14.4 Å². The quantitative estimate of drug-likeness (QED) is 0.298. The molecule has 0 radical (unpaired) electrons. The van der Waals surface area contributed by atoms with Crippen LogP contribution in [0.2, 0.25) is 0 Å². The zero-order chi connectivity index (χ0) is 34.1. The normalized spacial score (nSPS) is 18.6. The number of H-pyrrole nitrogens is 2. The van der Waals surface area contributed by atoms with Crippen LogP contribution in [-0.2, 0) is 14.3 Å². The van der Waals surface area contributed by atoms with Crippen LogP contribution in [0.15, 0.2) is 36.7 Å². The van der Waals surface area contributed by atoms with Crippen LogP contribution >= 0.6 is 0 Å². The van der Waals surface area contributed by atoms with E-state index in [1.54, 1.807) is 45.7 Å². The number of imidazole rings is 2. The van der Waals surface area contributed by atoms with Gasteiger partial charge in [-0.05, 0) is 83.9 Å². The number of aromatic amines is 2. The van der Waals surface area contributed by atoms with Crippen molar-refractivity contribution in [1.29, 1.82) is 0 Å².